The van der Waals surface area contributed by atoms with Crippen LogP contribution in [-0.2, 0) is 9.84 Å². The van der Waals surface area contributed by atoms with Crippen molar-refractivity contribution in [1.29, 1.82) is 0 Å². The quantitative estimate of drug-likeness (QED) is 0.454. The zero-order chi connectivity index (χ0) is 23.3. The highest BCUT2D eigenvalue weighted by Crippen LogP contribution is 2.20. The minimum Gasteiger partial charge on any atom is -0.390 e. The van der Waals surface area contributed by atoms with Gasteiger partial charge < -0.3 is 26.0 Å². The highest BCUT2D eigenvalue weighted by molar-refractivity contribution is 7.91. The first-order chi connectivity index (χ1) is 15.1. The summed E-state index contributed by atoms with van der Waals surface area (Å²) in [6.45, 7) is 4.79. The Morgan fingerprint density at radius 1 is 0.969 bits per heavy atom. The van der Waals surface area contributed by atoms with E-state index in [2.05, 4.69) is 16.0 Å². The Bertz CT molecular complexity index is 1060. The Hall–Kier alpha value is -2.27. The lowest BCUT2D eigenvalue weighted by atomic mass is 10.2. The molecule has 1 heterocycles. The smallest absolute Gasteiger partial charge is 0.173 e. The molecule has 172 valence electrons. The third-order valence-corrected chi connectivity index (χ3v) is 7.49. The molecular weight excluding hydrogens is 464 g/mol. The van der Waals surface area contributed by atoms with Crippen molar-refractivity contribution < 1.29 is 13.5 Å². The summed E-state index contributed by atoms with van der Waals surface area (Å²) in [7, 11) is -3.32. The van der Waals surface area contributed by atoms with Crippen molar-refractivity contribution >= 4 is 55.9 Å². The molecule has 0 aromatic heterocycles. The van der Waals surface area contributed by atoms with Gasteiger partial charge in [-0.1, -0.05) is 35.4 Å². The van der Waals surface area contributed by atoms with Crippen LogP contribution in [0.25, 0.3) is 0 Å². The van der Waals surface area contributed by atoms with Crippen molar-refractivity contribution in [2.45, 2.75) is 26.0 Å². The first-order valence-electron chi connectivity index (χ1n) is 10.3. The molecule has 2 aromatic rings. The van der Waals surface area contributed by atoms with E-state index >= 15 is 0 Å². The van der Waals surface area contributed by atoms with Crippen LogP contribution >= 0.6 is 24.4 Å². The van der Waals surface area contributed by atoms with Crippen molar-refractivity contribution in [1.82, 2.24) is 10.2 Å². The van der Waals surface area contributed by atoms with Gasteiger partial charge in [0.2, 0.25) is 0 Å². The summed E-state index contributed by atoms with van der Waals surface area (Å²) in [4.78, 5) is 1.73. The summed E-state index contributed by atoms with van der Waals surface area (Å²) in [6.07, 6.45) is -1.00. The zero-order valence-electron chi connectivity index (χ0n) is 18.0. The molecule has 0 amide bonds. The minimum atomic E-state index is -3.32. The Balaban J connectivity index is 1.64. The molecule has 0 unspecified atom stereocenters. The van der Waals surface area contributed by atoms with Crippen LogP contribution < -0.4 is 16.0 Å². The lowest BCUT2D eigenvalue weighted by molar-refractivity contribution is 0.124. The van der Waals surface area contributed by atoms with E-state index in [-0.39, 0.29) is 11.5 Å². The van der Waals surface area contributed by atoms with E-state index < -0.39 is 22.0 Å². The lowest BCUT2D eigenvalue weighted by Crippen LogP contribution is -2.51. The van der Waals surface area contributed by atoms with E-state index in [0.29, 0.717) is 23.3 Å². The van der Waals surface area contributed by atoms with Gasteiger partial charge in [0.15, 0.2) is 20.1 Å². The molecule has 0 saturated carbocycles. The summed E-state index contributed by atoms with van der Waals surface area (Å²) in [5, 5.41) is 20.6. The average Bonchev–Trinajstić information content (AvgIpc) is 3.00. The molecule has 10 heteroatoms. The van der Waals surface area contributed by atoms with Gasteiger partial charge in [-0.3, -0.25) is 0 Å². The molecule has 0 aliphatic carbocycles. The van der Waals surface area contributed by atoms with Gasteiger partial charge in [0.05, 0.1) is 23.7 Å². The van der Waals surface area contributed by atoms with Gasteiger partial charge in [0.1, 0.15) is 0 Å². The Kier molecular flexibility index (Phi) is 8.05. The lowest BCUT2D eigenvalue weighted by Gasteiger charge is -2.33. The molecule has 1 saturated heterocycles. The Morgan fingerprint density at radius 3 is 2.00 bits per heavy atom. The van der Waals surface area contributed by atoms with Gasteiger partial charge in [-0.2, -0.15) is 0 Å². The molecule has 0 radical (unpaired) electrons. The topological polar surface area (TPSA) is 93.7 Å². The molecular formula is C22H28N4O3S3. The summed E-state index contributed by atoms with van der Waals surface area (Å²) in [6, 6.07) is 15.0. The van der Waals surface area contributed by atoms with Gasteiger partial charge in [-0.05, 0) is 62.5 Å². The van der Waals surface area contributed by atoms with Crippen LogP contribution in [-0.4, -0.2) is 65.4 Å². The number of nitrogens with one attached hydrogen (secondary N) is 3. The summed E-state index contributed by atoms with van der Waals surface area (Å²) < 4.78 is 24.2. The van der Waals surface area contributed by atoms with Crippen molar-refractivity contribution in [3.05, 3.63) is 59.7 Å². The molecule has 3 rings (SSSR count). The second-order valence-electron chi connectivity index (χ2n) is 7.95. The van der Waals surface area contributed by atoms with Crippen molar-refractivity contribution in [2.75, 3.05) is 35.2 Å². The number of hydrogen-bond acceptors (Lipinski definition) is 5. The van der Waals surface area contributed by atoms with Gasteiger partial charge in [0, 0.05) is 24.5 Å². The maximum absolute atomic E-state index is 12.1. The number of thiocarbonyl (C=S) groups is 2. The fraction of sp³-hybridized carbons (Fsp3) is 0.364. The Labute approximate surface area is 200 Å². The van der Waals surface area contributed by atoms with Crippen LogP contribution in [0, 0.1) is 13.8 Å². The number of rotatable bonds is 6. The summed E-state index contributed by atoms with van der Waals surface area (Å²) >= 11 is 10.9. The zero-order valence-corrected chi connectivity index (χ0v) is 20.5. The monoisotopic (exact) mass is 492 g/mol. The number of nitrogens with zero attached hydrogens (tertiary/aromatic N) is 1. The predicted molar refractivity (Wildman–Crippen MR) is 138 cm³/mol. The van der Waals surface area contributed by atoms with E-state index in [4.69, 9.17) is 24.4 Å². The van der Waals surface area contributed by atoms with Gasteiger partial charge in [-0.25, -0.2) is 8.42 Å². The van der Waals surface area contributed by atoms with Crippen LogP contribution in [0.4, 0.5) is 11.4 Å². The maximum atomic E-state index is 12.1. The molecule has 1 aliphatic rings. The average molecular weight is 493 g/mol. The van der Waals surface area contributed by atoms with Crippen LogP contribution in [0.1, 0.15) is 11.1 Å². The predicted octanol–water partition coefficient (Wildman–Crippen LogP) is 2.45. The molecule has 7 nitrogen and oxygen atoms in total. The fourth-order valence-electron chi connectivity index (χ4n) is 3.46. The first kappa shape index (κ1) is 24.4. The molecule has 1 aliphatic heterocycles. The van der Waals surface area contributed by atoms with Crippen LogP contribution in [0.2, 0.25) is 0 Å². The van der Waals surface area contributed by atoms with E-state index in [1.807, 2.05) is 62.4 Å². The van der Waals surface area contributed by atoms with Gasteiger partial charge >= 0.3 is 0 Å². The second-order valence-corrected chi connectivity index (χ2v) is 10.9. The van der Waals surface area contributed by atoms with Gasteiger partial charge in [-0.15, -0.1) is 0 Å². The second kappa shape index (κ2) is 10.6. The fourth-order valence-corrected chi connectivity index (χ4v) is 5.83. The van der Waals surface area contributed by atoms with E-state index in [9.17, 15) is 13.5 Å². The maximum Gasteiger partial charge on any atom is 0.173 e. The number of hydrogen-bond donors (Lipinski definition) is 4. The van der Waals surface area contributed by atoms with Crippen molar-refractivity contribution in [2.24, 2.45) is 0 Å². The highest BCUT2D eigenvalue weighted by atomic mass is 32.2. The number of aliphatic hydroxyl groups excluding tert-OH is 1. The molecule has 2 aromatic carbocycles. The molecule has 0 bridgehead atoms. The summed E-state index contributed by atoms with van der Waals surface area (Å²) in [5.41, 5.74) is 3.95. The normalized spacial score (nSPS) is 19.2. The van der Waals surface area contributed by atoms with Crippen LogP contribution in [0.15, 0.2) is 48.5 Å². The molecule has 4 N–H and O–H groups in total. The largest absolute Gasteiger partial charge is 0.390 e. The third kappa shape index (κ3) is 6.86. The van der Waals surface area contributed by atoms with E-state index in [0.717, 1.165) is 22.5 Å². The number of anilines is 2. The van der Waals surface area contributed by atoms with E-state index in [1.54, 1.807) is 4.90 Å². The number of aliphatic hydroxyl groups is 1. The summed E-state index contributed by atoms with van der Waals surface area (Å²) in [5.74, 6) is -0.405. The van der Waals surface area contributed by atoms with E-state index in [1.165, 1.54) is 0 Å². The molecule has 32 heavy (non-hydrogen) atoms. The van der Waals surface area contributed by atoms with Crippen molar-refractivity contribution in [3.63, 3.8) is 0 Å². The number of aryl methyl sites for hydroxylation is 2. The number of sulfone groups is 1. The van der Waals surface area contributed by atoms with Crippen molar-refractivity contribution in [3.8, 4) is 0 Å². The first-order valence-corrected chi connectivity index (χ1v) is 12.9. The molecule has 0 spiro atoms. The molecule has 2 atom stereocenters. The standard InChI is InChI=1S/C22H28N4O3S3/c1-15-3-7-17(8-4-15)24-21(30)23-11-12-26(19-13-32(28,29)14-20(19)27)22(31)25-18-9-5-16(2)6-10-18/h3-10,19-20,27H,11-14H2,1-2H3,(H,25,31)(H2,23,24,30)/t19-,20+/m0/s1. The Morgan fingerprint density at radius 2 is 1.50 bits per heavy atom. The SMILES string of the molecule is Cc1ccc(NC(=S)NCCN(C(=S)Nc2ccc(C)cc2)[C@H]2CS(=O)(=O)C[C@H]2O)cc1. The third-order valence-electron chi connectivity index (χ3n) is 5.21. The van der Waals surface area contributed by atoms with Crippen LogP contribution in [0.5, 0.6) is 0 Å². The minimum absolute atomic E-state index is 0.143. The van der Waals surface area contributed by atoms with Gasteiger partial charge in [0.25, 0.3) is 0 Å². The number of benzene rings is 2. The van der Waals surface area contributed by atoms with Crippen LogP contribution in [0.3, 0.4) is 0 Å². The highest BCUT2D eigenvalue weighted by Gasteiger charge is 2.40. The molecule has 1 fully saturated rings.